The van der Waals surface area contributed by atoms with Gasteiger partial charge in [0, 0.05) is 17.1 Å². The van der Waals surface area contributed by atoms with Crippen LogP contribution in [-0.4, -0.2) is 40.8 Å². The number of fused-ring (bicyclic) bond motifs is 4. The number of nitrogens with one attached hydrogen (secondary N) is 1. The number of carbonyl (C=O) groups excluding carboxylic acids is 2. The molecule has 4 atom stereocenters. The lowest BCUT2D eigenvalue weighted by molar-refractivity contribution is -0.139. The summed E-state index contributed by atoms with van der Waals surface area (Å²) in [5, 5.41) is 11.4. The summed E-state index contributed by atoms with van der Waals surface area (Å²) in [6.45, 7) is 3.36. The molecule has 0 unspecified atom stereocenters. The summed E-state index contributed by atoms with van der Waals surface area (Å²) in [5.74, 6) is -4.06. The van der Waals surface area contributed by atoms with Crippen LogP contribution in [0.3, 0.4) is 0 Å². The van der Waals surface area contributed by atoms with Crippen LogP contribution >= 0.6 is 23.2 Å². The summed E-state index contributed by atoms with van der Waals surface area (Å²) in [4.78, 5) is 62.1. The molecule has 5 aromatic rings. The first-order valence-corrected chi connectivity index (χ1v) is 17.5. The Morgan fingerprint density at radius 1 is 0.926 bits per heavy atom. The van der Waals surface area contributed by atoms with Gasteiger partial charge < -0.3 is 5.11 Å². The van der Waals surface area contributed by atoms with Gasteiger partial charge in [0.2, 0.25) is 0 Å². The molecule has 54 heavy (non-hydrogen) atoms. The monoisotopic (exact) mass is 776 g/mol. The van der Waals surface area contributed by atoms with E-state index in [-0.39, 0.29) is 24.5 Å². The highest BCUT2D eigenvalue weighted by Crippen LogP contribution is 2.62. The van der Waals surface area contributed by atoms with Gasteiger partial charge in [-0.05, 0) is 78.4 Å². The van der Waals surface area contributed by atoms with E-state index in [1.807, 2.05) is 0 Å². The number of phenols is 1. The number of halogens is 5. The van der Waals surface area contributed by atoms with Crippen LogP contribution in [-0.2, 0) is 27.7 Å². The first-order chi connectivity index (χ1) is 25.6. The number of anilines is 1. The number of aromatic nitrogens is 4. The van der Waals surface area contributed by atoms with Crippen LogP contribution in [0.1, 0.15) is 46.2 Å². The summed E-state index contributed by atoms with van der Waals surface area (Å²) < 4.78 is 44.1. The van der Waals surface area contributed by atoms with Gasteiger partial charge in [0.05, 0.1) is 40.2 Å². The molecule has 1 saturated carbocycles. The molecule has 1 saturated heterocycles. The lowest BCUT2D eigenvalue weighted by Crippen LogP contribution is -2.53. The highest BCUT2D eigenvalue weighted by atomic mass is 35.5. The maximum Gasteiger partial charge on any atom is 0.417 e. The topological polar surface area (TPSA) is 131 Å². The third kappa shape index (κ3) is 5.14. The van der Waals surface area contributed by atoms with Crippen molar-refractivity contribution in [1.82, 2.24) is 23.9 Å². The number of amides is 2. The quantitative estimate of drug-likeness (QED) is 0.155. The zero-order valence-corrected chi connectivity index (χ0v) is 29.9. The Morgan fingerprint density at radius 3 is 2.22 bits per heavy atom. The molecule has 3 aliphatic rings. The number of phenolic OH excluding ortho intramolecular Hbond substituents is 1. The third-order valence-electron chi connectivity index (χ3n) is 10.7. The highest BCUT2D eigenvalue weighted by Gasteiger charge is 2.69. The number of aromatic hydroxyl groups is 1. The van der Waals surface area contributed by atoms with Crippen molar-refractivity contribution < 1.29 is 27.9 Å². The molecule has 0 radical (unpaired) electrons. The van der Waals surface area contributed by atoms with Crippen LogP contribution in [0.25, 0.3) is 5.69 Å². The minimum atomic E-state index is -4.75. The molecule has 2 N–H and O–H groups in total. The second-order valence-corrected chi connectivity index (χ2v) is 14.5. The van der Waals surface area contributed by atoms with Gasteiger partial charge in [0.25, 0.3) is 11.8 Å². The first-order valence-electron chi connectivity index (χ1n) is 16.8. The maximum atomic E-state index is 15.3. The Morgan fingerprint density at radius 2 is 1.59 bits per heavy atom. The molecule has 11 nitrogen and oxygen atoms in total. The lowest BCUT2D eigenvalue weighted by atomic mass is 9.53. The number of hydrogen-bond acceptors (Lipinski definition) is 7. The van der Waals surface area contributed by atoms with Crippen molar-refractivity contribution in [2.24, 2.45) is 5.92 Å². The average molecular weight is 778 g/mol. The molecule has 2 aliphatic heterocycles. The lowest BCUT2D eigenvalue weighted by Gasteiger charge is -2.49. The van der Waals surface area contributed by atoms with Crippen LogP contribution < -0.4 is 16.8 Å². The molecule has 16 heteroatoms. The number of pyridine rings is 1. The Balaban J connectivity index is 1.37. The summed E-state index contributed by atoms with van der Waals surface area (Å²) in [6.07, 6.45) is -2.55. The predicted molar refractivity (Wildman–Crippen MR) is 193 cm³/mol. The van der Waals surface area contributed by atoms with E-state index in [2.05, 4.69) is 10.4 Å². The summed E-state index contributed by atoms with van der Waals surface area (Å²) in [6, 6.07) is 18.0. The fourth-order valence-corrected chi connectivity index (χ4v) is 8.71. The molecule has 3 aromatic carbocycles. The zero-order valence-electron chi connectivity index (χ0n) is 28.4. The molecule has 8 rings (SSSR count). The molecular weight excluding hydrogens is 748 g/mol. The summed E-state index contributed by atoms with van der Waals surface area (Å²) in [7, 11) is 0. The van der Waals surface area contributed by atoms with Crippen molar-refractivity contribution >= 4 is 40.8 Å². The van der Waals surface area contributed by atoms with E-state index in [0.717, 1.165) is 9.58 Å². The number of alkyl halides is 3. The van der Waals surface area contributed by atoms with Crippen LogP contribution in [0, 0.1) is 19.8 Å². The number of imide groups is 1. The van der Waals surface area contributed by atoms with Crippen molar-refractivity contribution in [3.05, 3.63) is 149 Å². The van der Waals surface area contributed by atoms with Gasteiger partial charge in [0.15, 0.2) is 5.82 Å². The minimum Gasteiger partial charge on any atom is -0.507 e. The molecular formula is C38H29Cl2F3N6O5. The fraction of sp³-hybridized carbons (Fsp3) is 0.237. The van der Waals surface area contributed by atoms with Gasteiger partial charge in [-0.2, -0.15) is 18.2 Å². The average Bonchev–Trinajstić information content (AvgIpc) is 3.52. The number of carbonyl (C=O) groups is 2. The van der Waals surface area contributed by atoms with Gasteiger partial charge in [-0.1, -0.05) is 71.7 Å². The Labute approximate surface area is 314 Å². The van der Waals surface area contributed by atoms with Crippen LogP contribution in [0.4, 0.5) is 19.0 Å². The molecule has 0 spiro atoms. The van der Waals surface area contributed by atoms with Crippen molar-refractivity contribution in [3.63, 3.8) is 0 Å². The van der Waals surface area contributed by atoms with Gasteiger partial charge in [0.1, 0.15) is 5.75 Å². The number of para-hydroxylation sites is 1. The van der Waals surface area contributed by atoms with Gasteiger partial charge in [-0.3, -0.25) is 15.0 Å². The number of benzene rings is 3. The summed E-state index contributed by atoms with van der Waals surface area (Å²) in [5.41, 5.74) is 1.34. The molecule has 2 fully saturated rings. The first kappa shape index (κ1) is 35.4. The molecule has 2 amide bonds. The standard InChI is InChI=1S/C38H29Cl2F3N6O5/c1-19-14-21(15-20(2)31(19)50)30-26-12-13-46-35(53)47(25-6-4-3-5-7-25)36(54)49(46)29(26)17-27-33(51)48(34(52)37(27,30)22-8-10-24(39)11-9-22)45-32-28(40)16-23(18-44-32)38(41,42)43/h3-12,14-16,18,27,29-30,50H,13,17H2,1-2H3,(H,44,45)/t27-,29+,30-,37+/m0/s1. The number of hydrazine groups is 1. The predicted octanol–water partition coefficient (Wildman–Crippen LogP) is 6.46. The second-order valence-electron chi connectivity index (χ2n) is 13.6. The zero-order chi connectivity index (χ0) is 38.4. The van der Waals surface area contributed by atoms with Crippen LogP contribution in [0.2, 0.25) is 10.0 Å². The van der Waals surface area contributed by atoms with Crippen LogP contribution in [0.15, 0.2) is 100 Å². The van der Waals surface area contributed by atoms with Gasteiger partial charge in [-0.25, -0.2) is 28.5 Å². The smallest absolute Gasteiger partial charge is 0.417 e. The third-order valence-corrected chi connectivity index (χ3v) is 11.2. The number of aryl methyl sites for hydroxylation is 2. The van der Waals surface area contributed by atoms with Crippen molar-refractivity contribution in [1.29, 1.82) is 0 Å². The SMILES string of the molecule is Cc1cc([C@H]2C3=CCn4c(=O)n(-c5ccccc5)c(=O)n4[C@@H]3C[C@H]3C(=O)N(Nc4ncc(C(F)(F)F)cc4Cl)C(=O)[C@@]23c2ccc(Cl)cc2)cc(C)c1O. The summed E-state index contributed by atoms with van der Waals surface area (Å²) >= 11 is 12.6. The highest BCUT2D eigenvalue weighted by molar-refractivity contribution is 6.33. The number of hydrogen-bond donors (Lipinski definition) is 2. The number of rotatable bonds is 5. The Bertz CT molecular complexity index is 2520. The minimum absolute atomic E-state index is 0.0333. The molecule has 2 aromatic heterocycles. The van der Waals surface area contributed by atoms with E-state index in [1.54, 1.807) is 86.7 Å². The fourth-order valence-electron chi connectivity index (χ4n) is 8.37. The van der Waals surface area contributed by atoms with E-state index in [4.69, 9.17) is 23.2 Å². The van der Waals surface area contributed by atoms with E-state index in [0.29, 0.717) is 50.8 Å². The Kier molecular flexibility index (Phi) is 8.19. The van der Waals surface area contributed by atoms with Gasteiger partial charge in [-0.15, -0.1) is 0 Å². The number of nitrogens with zero attached hydrogens (tertiary/aromatic N) is 5. The molecule has 0 bridgehead atoms. The van der Waals surface area contributed by atoms with Gasteiger partial charge >= 0.3 is 17.6 Å². The molecule has 276 valence electrons. The number of allylic oxidation sites excluding steroid dienone is 2. The van der Waals surface area contributed by atoms with E-state index >= 15 is 4.79 Å². The normalized spacial score (nSPS) is 22.1. The van der Waals surface area contributed by atoms with E-state index in [1.165, 1.54) is 9.36 Å². The van der Waals surface area contributed by atoms with Crippen LogP contribution in [0.5, 0.6) is 5.75 Å². The van der Waals surface area contributed by atoms with Crippen molar-refractivity contribution in [2.45, 2.75) is 50.4 Å². The van der Waals surface area contributed by atoms with E-state index < -0.39 is 63.2 Å². The molecule has 1 aliphatic carbocycles. The second kappa shape index (κ2) is 12.5. The van der Waals surface area contributed by atoms with Crippen molar-refractivity contribution in [3.8, 4) is 11.4 Å². The largest absolute Gasteiger partial charge is 0.507 e. The Hall–Kier alpha value is -5.60. The maximum absolute atomic E-state index is 15.3. The van der Waals surface area contributed by atoms with E-state index in [9.17, 15) is 32.7 Å². The van der Waals surface area contributed by atoms with Crippen molar-refractivity contribution in [2.75, 3.05) is 5.43 Å². The molecule has 4 heterocycles.